The molecule has 4 rings (SSSR count). The monoisotopic (exact) mass is 469 g/mol. The summed E-state index contributed by atoms with van der Waals surface area (Å²) < 4.78 is 45.8. The summed E-state index contributed by atoms with van der Waals surface area (Å²) in [5, 5.41) is 6.13. The number of halogens is 3. The molecule has 3 aromatic carbocycles. The van der Waals surface area contributed by atoms with Crippen molar-refractivity contribution in [2.24, 2.45) is 0 Å². The molecule has 1 fully saturated rings. The minimum Gasteiger partial charge on any atom is -0.469 e. The third-order valence-electron chi connectivity index (χ3n) is 6.95. The van der Waals surface area contributed by atoms with Gasteiger partial charge in [0.2, 0.25) is 0 Å². The molecule has 0 heterocycles. The van der Waals surface area contributed by atoms with Crippen LogP contribution in [0.1, 0.15) is 66.8 Å². The van der Waals surface area contributed by atoms with Gasteiger partial charge in [0.25, 0.3) is 0 Å². The summed E-state index contributed by atoms with van der Waals surface area (Å²) >= 11 is 0. The first kappa shape index (κ1) is 24.3. The van der Waals surface area contributed by atoms with E-state index in [4.69, 9.17) is 0 Å². The van der Waals surface area contributed by atoms with Gasteiger partial charge in [-0.05, 0) is 72.1 Å². The van der Waals surface area contributed by atoms with E-state index in [0.717, 1.165) is 24.8 Å². The first-order valence-corrected chi connectivity index (χ1v) is 11.8. The molecule has 0 spiro atoms. The normalized spacial score (nSPS) is 19.3. The predicted molar refractivity (Wildman–Crippen MR) is 128 cm³/mol. The fraction of sp³-hybridized carbons (Fsp3) is 0.393. The van der Waals surface area contributed by atoms with Crippen molar-refractivity contribution in [1.82, 2.24) is 5.32 Å². The van der Waals surface area contributed by atoms with Crippen molar-refractivity contribution in [1.29, 1.82) is 0 Å². The molecular formula is C28H30F3NO2. The van der Waals surface area contributed by atoms with Gasteiger partial charge in [-0.25, -0.2) is 0 Å². The second kappa shape index (κ2) is 10.2. The maximum Gasteiger partial charge on any atom is 0.416 e. The van der Waals surface area contributed by atoms with Crippen molar-refractivity contribution >= 4 is 16.7 Å². The Balaban J connectivity index is 1.46. The predicted octanol–water partition coefficient (Wildman–Crippen LogP) is 6.95. The molecule has 34 heavy (non-hydrogen) atoms. The quantitative estimate of drug-likeness (QED) is 0.381. The summed E-state index contributed by atoms with van der Waals surface area (Å²) in [7, 11) is 1.24. The Hall–Kier alpha value is -2.86. The largest absolute Gasteiger partial charge is 0.469 e. The van der Waals surface area contributed by atoms with Crippen LogP contribution in [0, 0.1) is 0 Å². The number of hydrogen-bond donors (Lipinski definition) is 1. The molecule has 0 amide bonds. The highest BCUT2D eigenvalue weighted by atomic mass is 19.4. The van der Waals surface area contributed by atoms with E-state index in [2.05, 4.69) is 47.3 Å². The van der Waals surface area contributed by atoms with Crippen LogP contribution in [0.25, 0.3) is 10.8 Å². The third kappa shape index (κ3) is 5.44. The van der Waals surface area contributed by atoms with E-state index in [9.17, 15) is 18.0 Å². The van der Waals surface area contributed by atoms with Gasteiger partial charge in [0.05, 0.1) is 12.7 Å². The Bertz CT molecular complexity index is 1150. The molecule has 3 atom stereocenters. The molecule has 3 aromatic rings. The zero-order chi connectivity index (χ0) is 24.3. The van der Waals surface area contributed by atoms with Gasteiger partial charge < -0.3 is 10.1 Å². The molecule has 1 aliphatic rings. The number of benzene rings is 3. The van der Waals surface area contributed by atoms with Crippen LogP contribution >= 0.6 is 0 Å². The van der Waals surface area contributed by atoms with E-state index >= 15 is 0 Å². The highest BCUT2D eigenvalue weighted by Gasteiger charge is 2.35. The molecule has 180 valence electrons. The third-order valence-corrected chi connectivity index (χ3v) is 6.95. The van der Waals surface area contributed by atoms with Gasteiger partial charge in [0.15, 0.2) is 0 Å². The number of aryl methyl sites for hydroxylation is 1. The second-order valence-electron chi connectivity index (χ2n) is 9.15. The Morgan fingerprint density at radius 3 is 2.62 bits per heavy atom. The maximum atomic E-state index is 13.8. The molecule has 0 aliphatic heterocycles. The van der Waals surface area contributed by atoms with E-state index in [1.807, 2.05) is 12.1 Å². The van der Waals surface area contributed by atoms with E-state index in [1.54, 1.807) is 6.07 Å². The average Bonchev–Trinajstić information content (AvgIpc) is 3.29. The number of esters is 1. The standard InChI is InChI=1S/C28H30F3NO2/c1-18(24-9-5-7-19-6-3-4-8-25(19)24)32-23-14-12-21(16-23)22-11-10-20(13-15-27(33)34-2)26(17-22)28(29,30)31/h3-11,17-18,21,23,32H,12-16H2,1-2H3/t18-,21+,23+/m1/s1. The molecule has 0 radical (unpaired) electrons. The number of ether oxygens (including phenoxy) is 1. The SMILES string of the molecule is COC(=O)CCc1ccc([C@H]2CC[C@H](N[C@H](C)c3cccc4ccccc34)C2)cc1C(F)(F)F. The molecule has 0 bridgehead atoms. The van der Waals surface area contributed by atoms with E-state index in [-0.39, 0.29) is 36.4 Å². The van der Waals surface area contributed by atoms with Gasteiger partial charge in [0.1, 0.15) is 0 Å². The van der Waals surface area contributed by atoms with Crippen molar-refractivity contribution in [3.8, 4) is 0 Å². The Kier molecular flexibility index (Phi) is 7.27. The lowest BCUT2D eigenvalue weighted by molar-refractivity contribution is -0.142. The number of nitrogens with one attached hydrogen (secondary N) is 1. The highest BCUT2D eigenvalue weighted by Crippen LogP contribution is 2.40. The van der Waals surface area contributed by atoms with Crippen LogP contribution < -0.4 is 5.32 Å². The van der Waals surface area contributed by atoms with Crippen LogP contribution in [0.3, 0.4) is 0 Å². The van der Waals surface area contributed by atoms with Crippen LogP contribution in [0.15, 0.2) is 60.7 Å². The van der Waals surface area contributed by atoms with Gasteiger partial charge >= 0.3 is 12.1 Å². The van der Waals surface area contributed by atoms with Gasteiger partial charge in [-0.2, -0.15) is 13.2 Å². The maximum absolute atomic E-state index is 13.8. The van der Waals surface area contributed by atoms with Crippen molar-refractivity contribution in [2.75, 3.05) is 7.11 Å². The number of carbonyl (C=O) groups is 1. The number of alkyl halides is 3. The first-order chi connectivity index (χ1) is 16.3. The molecule has 0 saturated heterocycles. The van der Waals surface area contributed by atoms with Crippen molar-refractivity contribution in [3.05, 3.63) is 82.9 Å². The van der Waals surface area contributed by atoms with Crippen molar-refractivity contribution in [2.45, 2.75) is 63.2 Å². The Morgan fingerprint density at radius 1 is 1.09 bits per heavy atom. The van der Waals surface area contributed by atoms with E-state index in [1.165, 1.54) is 35.6 Å². The number of carbonyl (C=O) groups excluding carboxylic acids is 1. The van der Waals surface area contributed by atoms with Gasteiger partial charge in [0, 0.05) is 18.5 Å². The highest BCUT2D eigenvalue weighted by molar-refractivity contribution is 5.86. The number of rotatable bonds is 7. The molecule has 1 saturated carbocycles. The Labute approximate surface area is 198 Å². The molecule has 0 aromatic heterocycles. The van der Waals surface area contributed by atoms with Crippen molar-refractivity contribution in [3.63, 3.8) is 0 Å². The summed E-state index contributed by atoms with van der Waals surface area (Å²) in [6, 6.07) is 19.6. The lowest BCUT2D eigenvalue weighted by atomic mass is 9.92. The molecule has 1 aliphatic carbocycles. The summed E-state index contributed by atoms with van der Waals surface area (Å²) in [4.78, 5) is 11.4. The van der Waals surface area contributed by atoms with Gasteiger partial charge in [-0.1, -0.05) is 54.6 Å². The molecule has 1 N–H and O–H groups in total. The fourth-order valence-electron chi connectivity index (χ4n) is 5.18. The summed E-state index contributed by atoms with van der Waals surface area (Å²) in [6.45, 7) is 2.15. The lowest BCUT2D eigenvalue weighted by Gasteiger charge is -2.22. The zero-order valence-corrected chi connectivity index (χ0v) is 19.5. The van der Waals surface area contributed by atoms with E-state index in [0.29, 0.717) is 0 Å². The van der Waals surface area contributed by atoms with Gasteiger partial charge in [-0.3, -0.25) is 4.79 Å². The number of hydrogen-bond acceptors (Lipinski definition) is 3. The average molecular weight is 470 g/mol. The first-order valence-electron chi connectivity index (χ1n) is 11.8. The van der Waals surface area contributed by atoms with Crippen LogP contribution in [0.4, 0.5) is 13.2 Å². The van der Waals surface area contributed by atoms with E-state index < -0.39 is 17.7 Å². The Morgan fingerprint density at radius 2 is 1.85 bits per heavy atom. The summed E-state index contributed by atoms with van der Waals surface area (Å²) in [5.74, 6) is -0.435. The number of methoxy groups -OCH3 is 1. The van der Waals surface area contributed by atoms with Crippen molar-refractivity contribution < 1.29 is 22.7 Å². The lowest BCUT2D eigenvalue weighted by Crippen LogP contribution is -2.29. The smallest absolute Gasteiger partial charge is 0.416 e. The van der Waals surface area contributed by atoms with Crippen LogP contribution in [-0.4, -0.2) is 19.1 Å². The minimum absolute atomic E-state index is 0.0131. The van der Waals surface area contributed by atoms with Gasteiger partial charge in [-0.15, -0.1) is 0 Å². The summed E-state index contributed by atoms with van der Waals surface area (Å²) in [6.07, 6.45) is -1.95. The second-order valence-corrected chi connectivity index (χ2v) is 9.15. The fourth-order valence-corrected chi connectivity index (χ4v) is 5.18. The molecule has 3 nitrogen and oxygen atoms in total. The van der Waals surface area contributed by atoms with Crippen LogP contribution in [0.2, 0.25) is 0 Å². The molecule has 6 heteroatoms. The zero-order valence-electron chi connectivity index (χ0n) is 19.5. The number of fused-ring (bicyclic) bond motifs is 1. The topological polar surface area (TPSA) is 38.3 Å². The molecular weight excluding hydrogens is 439 g/mol. The summed E-state index contributed by atoms with van der Waals surface area (Å²) in [5.41, 5.74) is 1.44. The van der Waals surface area contributed by atoms with Crippen LogP contribution in [0.5, 0.6) is 0 Å². The van der Waals surface area contributed by atoms with Crippen LogP contribution in [-0.2, 0) is 22.1 Å². The molecule has 0 unspecified atom stereocenters. The minimum atomic E-state index is -4.46.